The summed E-state index contributed by atoms with van der Waals surface area (Å²) < 4.78 is 2.01. The highest BCUT2D eigenvalue weighted by Gasteiger charge is 2.07. The summed E-state index contributed by atoms with van der Waals surface area (Å²) in [7, 11) is 1.99. The first-order valence-corrected chi connectivity index (χ1v) is 5.96. The Balaban J connectivity index is 2.10. The highest BCUT2D eigenvalue weighted by Crippen LogP contribution is 2.13. The van der Waals surface area contributed by atoms with Crippen molar-refractivity contribution in [3.05, 3.63) is 53.1 Å². The predicted octanol–water partition coefficient (Wildman–Crippen LogP) is 1.97. The third-order valence-corrected chi connectivity index (χ3v) is 3.23. The number of rotatable bonds is 4. The van der Waals surface area contributed by atoms with E-state index in [1.54, 1.807) is 0 Å². The van der Waals surface area contributed by atoms with Crippen LogP contribution in [0.5, 0.6) is 0 Å². The third-order valence-electron chi connectivity index (χ3n) is 3.23. The molecule has 2 N–H and O–H groups in total. The molecule has 0 atom stereocenters. The van der Waals surface area contributed by atoms with E-state index in [0.717, 1.165) is 24.2 Å². The van der Waals surface area contributed by atoms with Crippen molar-refractivity contribution in [1.82, 2.24) is 9.55 Å². The van der Waals surface area contributed by atoms with Gasteiger partial charge in [0.25, 0.3) is 0 Å². The van der Waals surface area contributed by atoms with Crippen LogP contribution in [-0.2, 0) is 26.4 Å². The van der Waals surface area contributed by atoms with Crippen LogP contribution in [0.2, 0.25) is 0 Å². The zero-order chi connectivity index (χ0) is 12.3. The molecule has 2 aromatic rings. The summed E-state index contributed by atoms with van der Waals surface area (Å²) in [6.45, 7) is 2.71. The van der Waals surface area contributed by atoms with Crippen molar-refractivity contribution in [2.24, 2.45) is 12.8 Å². The normalized spacial score (nSPS) is 10.8. The topological polar surface area (TPSA) is 43.8 Å². The lowest BCUT2D eigenvalue weighted by Gasteiger charge is -2.06. The zero-order valence-electron chi connectivity index (χ0n) is 10.5. The number of nitrogens with two attached hydrogens (primary N) is 1. The van der Waals surface area contributed by atoms with Crippen molar-refractivity contribution in [1.29, 1.82) is 0 Å². The van der Waals surface area contributed by atoms with Crippen LogP contribution >= 0.6 is 0 Å². The van der Waals surface area contributed by atoms with Crippen molar-refractivity contribution < 1.29 is 0 Å². The van der Waals surface area contributed by atoms with Crippen LogP contribution in [0.4, 0.5) is 0 Å². The second-order valence-electron chi connectivity index (χ2n) is 4.38. The SMILES string of the molecule is Cc1ccccc1CCc1ncn(C)c1CN. The Morgan fingerprint density at radius 2 is 2.00 bits per heavy atom. The van der Waals surface area contributed by atoms with Crippen molar-refractivity contribution in [3.63, 3.8) is 0 Å². The Hall–Kier alpha value is -1.61. The molecule has 0 amide bonds. The molecule has 0 aliphatic rings. The summed E-state index contributed by atoms with van der Waals surface area (Å²) in [5.74, 6) is 0. The highest BCUT2D eigenvalue weighted by atomic mass is 15.0. The highest BCUT2D eigenvalue weighted by molar-refractivity contribution is 5.27. The van der Waals surface area contributed by atoms with Gasteiger partial charge in [0.2, 0.25) is 0 Å². The average Bonchev–Trinajstić information content (AvgIpc) is 2.69. The van der Waals surface area contributed by atoms with Crippen molar-refractivity contribution >= 4 is 0 Å². The van der Waals surface area contributed by atoms with E-state index in [9.17, 15) is 0 Å². The minimum absolute atomic E-state index is 0.555. The van der Waals surface area contributed by atoms with Crippen LogP contribution in [0.15, 0.2) is 30.6 Å². The number of imidazole rings is 1. The van der Waals surface area contributed by atoms with E-state index in [2.05, 4.69) is 36.2 Å². The standard InChI is InChI=1S/C14H19N3/c1-11-5-3-4-6-12(11)7-8-13-14(9-15)17(2)10-16-13/h3-6,10H,7-9,15H2,1-2H3. The van der Waals surface area contributed by atoms with Crippen LogP contribution in [-0.4, -0.2) is 9.55 Å². The number of hydrogen-bond donors (Lipinski definition) is 1. The molecule has 1 aromatic carbocycles. The summed E-state index contributed by atoms with van der Waals surface area (Å²) in [6.07, 6.45) is 3.82. The monoisotopic (exact) mass is 229 g/mol. The molecule has 1 aromatic heterocycles. The molecule has 3 heteroatoms. The summed E-state index contributed by atoms with van der Waals surface area (Å²) in [5, 5.41) is 0. The van der Waals surface area contributed by atoms with Gasteiger partial charge < -0.3 is 10.3 Å². The number of aromatic nitrogens is 2. The Kier molecular flexibility index (Phi) is 3.59. The van der Waals surface area contributed by atoms with E-state index in [-0.39, 0.29) is 0 Å². The molecule has 3 nitrogen and oxygen atoms in total. The molecule has 1 heterocycles. The lowest BCUT2D eigenvalue weighted by Crippen LogP contribution is -2.07. The molecule has 0 radical (unpaired) electrons. The minimum Gasteiger partial charge on any atom is -0.336 e. The van der Waals surface area contributed by atoms with E-state index in [1.165, 1.54) is 11.1 Å². The maximum Gasteiger partial charge on any atom is 0.0949 e. The fraction of sp³-hybridized carbons (Fsp3) is 0.357. The van der Waals surface area contributed by atoms with Gasteiger partial charge in [-0.3, -0.25) is 0 Å². The Labute approximate surface area is 102 Å². The molecular weight excluding hydrogens is 210 g/mol. The van der Waals surface area contributed by atoms with Crippen LogP contribution in [0.3, 0.4) is 0 Å². The maximum atomic E-state index is 5.73. The quantitative estimate of drug-likeness (QED) is 0.871. The zero-order valence-corrected chi connectivity index (χ0v) is 10.5. The molecule has 2 rings (SSSR count). The van der Waals surface area contributed by atoms with Gasteiger partial charge >= 0.3 is 0 Å². The fourth-order valence-electron chi connectivity index (χ4n) is 2.12. The van der Waals surface area contributed by atoms with Crippen molar-refractivity contribution in [3.8, 4) is 0 Å². The molecule has 0 fully saturated rings. The van der Waals surface area contributed by atoms with Gasteiger partial charge in [-0.05, 0) is 30.9 Å². The molecular formula is C14H19N3. The Morgan fingerprint density at radius 3 is 2.71 bits per heavy atom. The van der Waals surface area contributed by atoms with E-state index in [0.29, 0.717) is 6.54 Å². The van der Waals surface area contributed by atoms with Gasteiger partial charge in [-0.1, -0.05) is 24.3 Å². The van der Waals surface area contributed by atoms with Gasteiger partial charge in [-0.25, -0.2) is 4.98 Å². The van der Waals surface area contributed by atoms with Gasteiger partial charge in [0, 0.05) is 13.6 Å². The largest absolute Gasteiger partial charge is 0.336 e. The summed E-state index contributed by atoms with van der Waals surface area (Å²) >= 11 is 0. The van der Waals surface area contributed by atoms with Gasteiger partial charge in [-0.15, -0.1) is 0 Å². The van der Waals surface area contributed by atoms with Crippen LogP contribution in [0.25, 0.3) is 0 Å². The van der Waals surface area contributed by atoms with Crippen molar-refractivity contribution in [2.75, 3.05) is 0 Å². The predicted molar refractivity (Wildman–Crippen MR) is 69.7 cm³/mol. The van der Waals surface area contributed by atoms with Crippen molar-refractivity contribution in [2.45, 2.75) is 26.3 Å². The maximum absolute atomic E-state index is 5.73. The van der Waals surface area contributed by atoms with Crippen LogP contribution in [0, 0.1) is 6.92 Å². The molecule has 0 spiro atoms. The van der Waals surface area contributed by atoms with E-state index in [1.807, 2.05) is 17.9 Å². The van der Waals surface area contributed by atoms with E-state index < -0.39 is 0 Å². The first-order chi connectivity index (χ1) is 8.22. The number of aryl methyl sites for hydroxylation is 4. The molecule has 0 unspecified atom stereocenters. The Morgan fingerprint density at radius 1 is 1.24 bits per heavy atom. The number of hydrogen-bond acceptors (Lipinski definition) is 2. The lowest BCUT2D eigenvalue weighted by molar-refractivity contribution is 0.800. The smallest absolute Gasteiger partial charge is 0.0949 e. The van der Waals surface area contributed by atoms with Gasteiger partial charge in [0.1, 0.15) is 0 Å². The molecule has 0 saturated carbocycles. The lowest BCUT2D eigenvalue weighted by atomic mass is 10.0. The fourth-order valence-corrected chi connectivity index (χ4v) is 2.12. The van der Waals surface area contributed by atoms with Gasteiger partial charge in [-0.2, -0.15) is 0 Å². The first-order valence-electron chi connectivity index (χ1n) is 5.96. The second kappa shape index (κ2) is 5.15. The molecule has 0 bridgehead atoms. The van der Waals surface area contributed by atoms with Crippen LogP contribution in [0.1, 0.15) is 22.5 Å². The second-order valence-corrected chi connectivity index (χ2v) is 4.38. The summed E-state index contributed by atoms with van der Waals surface area (Å²) in [6, 6.07) is 8.49. The minimum atomic E-state index is 0.555. The van der Waals surface area contributed by atoms with Crippen LogP contribution < -0.4 is 5.73 Å². The molecule has 17 heavy (non-hydrogen) atoms. The molecule has 90 valence electrons. The third kappa shape index (κ3) is 2.56. The summed E-state index contributed by atoms with van der Waals surface area (Å²) in [4.78, 5) is 4.41. The summed E-state index contributed by atoms with van der Waals surface area (Å²) in [5.41, 5.74) is 10.7. The first kappa shape index (κ1) is 11.9. The number of nitrogens with zero attached hydrogens (tertiary/aromatic N) is 2. The van der Waals surface area contributed by atoms with Gasteiger partial charge in [0.05, 0.1) is 17.7 Å². The molecule has 0 aliphatic heterocycles. The molecule has 0 aliphatic carbocycles. The van der Waals surface area contributed by atoms with E-state index >= 15 is 0 Å². The molecule has 0 saturated heterocycles. The number of benzene rings is 1. The average molecular weight is 229 g/mol. The van der Waals surface area contributed by atoms with Gasteiger partial charge in [0.15, 0.2) is 0 Å². The Bertz CT molecular complexity index is 500. The van der Waals surface area contributed by atoms with E-state index in [4.69, 9.17) is 5.73 Å².